The maximum Gasteiger partial charge on any atom is 0.413 e. The number of hydrogen-bond acceptors (Lipinski definition) is 8. The molecular formula is C22H19ClF2N8O3. The molecule has 4 rings (SSSR count). The van der Waals surface area contributed by atoms with E-state index in [1.54, 1.807) is 32.2 Å². The topological polar surface area (TPSA) is 148 Å². The highest BCUT2D eigenvalue weighted by Gasteiger charge is 2.61. The summed E-state index contributed by atoms with van der Waals surface area (Å²) in [5.41, 5.74) is -0.535. The van der Waals surface area contributed by atoms with Crippen molar-refractivity contribution in [3.63, 3.8) is 0 Å². The van der Waals surface area contributed by atoms with Gasteiger partial charge in [0.25, 0.3) is 5.92 Å². The minimum absolute atomic E-state index is 0.189. The zero-order valence-electron chi connectivity index (χ0n) is 19.0. The number of nitriles is 1. The van der Waals surface area contributed by atoms with E-state index in [9.17, 15) is 23.6 Å². The number of hydrogen-bond donors (Lipinski definition) is 2. The molecule has 3 heterocycles. The lowest BCUT2D eigenvalue weighted by atomic mass is 9.66. The van der Waals surface area contributed by atoms with Gasteiger partial charge in [-0.2, -0.15) is 5.26 Å². The van der Waals surface area contributed by atoms with Gasteiger partial charge < -0.3 is 10.1 Å². The van der Waals surface area contributed by atoms with Crippen molar-refractivity contribution in [2.75, 3.05) is 10.6 Å². The smallest absolute Gasteiger partial charge is 0.413 e. The molecule has 2 amide bonds. The highest BCUT2D eigenvalue weighted by Crippen LogP contribution is 2.52. The Balaban J connectivity index is 1.44. The van der Waals surface area contributed by atoms with E-state index < -0.39 is 42.3 Å². The van der Waals surface area contributed by atoms with Crippen molar-refractivity contribution in [3.8, 4) is 17.5 Å². The highest BCUT2D eigenvalue weighted by atomic mass is 35.5. The predicted octanol–water partition coefficient (Wildman–Crippen LogP) is 4.11. The molecule has 36 heavy (non-hydrogen) atoms. The largest absolute Gasteiger partial charge is 0.441 e. The van der Waals surface area contributed by atoms with Crippen molar-refractivity contribution in [1.29, 1.82) is 5.26 Å². The average molecular weight is 517 g/mol. The zero-order chi connectivity index (χ0) is 26.1. The molecule has 0 aromatic carbocycles. The molecule has 1 atom stereocenters. The first-order valence-electron chi connectivity index (χ1n) is 10.6. The number of carbonyl (C=O) groups is 2. The Morgan fingerprint density at radius 1 is 1.25 bits per heavy atom. The molecule has 1 aliphatic carbocycles. The molecule has 3 aromatic rings. The number of pyridine rings is 2. The van der Waals surface area contributed by atoms with Crippen LogP contribution >= 0.6 is 11.6 Å². The monoisotopic (exact) mass is 516 g/mol. The van der Waals surface area contributed by atoms with Gasteiger partial charge in [-0.15, -0.1) is 5.10 Å². The first-order chi connectivity index (χ1) is 17.0. The molecule has 186 valence electrons. The summed E-state index contributed by atoms with van der Waals surface area (Å²) in [4.78, 5) is 33.1. The van der Waals surface area contributed by atoms with Gasteiger partial charge in [0.1, 0.15) is 16.7 Å². The van der Waals surface area contributed by atoms with Crippen molar-refractivity contribution < 1.29 is 23.1 Å². The number of anilines is 2. The lowest BCUT2D eigenvalue weighted by Crippen LogP contribution is -2.52. The van der Waals surface area contributed by atoms with Gasteiger partial charge >= 0.3 is 6.09 Å². The number of amides is 2. The third-order valence-corrected chi connectivity index (χ3v) is 5.91. The summed E-state index contributed by atoms with van der Waals surface area (Å²) < 4.78 is 33.2. The summed E-state index contributed by atoms with van der Waals surface area (Å²) in [5.74, 6) is -3.67. The summed E-state index contributed by atoms with van der Waals surface area (Å²) in [5, 5.41) is 22.3. The summed E-state index contributed by atoms with van der Waals surface area (Å²) in [6, 6.07) is 7.99. The Hall–Kier alpha value is -4.18. The zero-order valence-corrected chi connectivity index (χ0v) is 19.8. The molecule has 0 spiro atoms. The van der Waals surface area contributed by atoms with Crippen molar-refractivity contribution >= 4 is 35.1 Å². The number of ether oxygens (including phenoxy) is 1. The molecule has 0 aliphatic heterocycles. The van der Waals surface area contributed by atoms with Crippen LogP contribution in [0.2, 0.25) is 5.15 Å². The molecular weight excluding hydrogens is 498 g/mol. The molecule has 1 fully saturated rings. The van der Waals surface area contributed by atoms with E-state index in [0.717, 1.165) is 0 Å². The predicted molar refractivity (Wildman–Crippen MR) is 123 cm³/mol. The third-order valence-electron chi connectivity index (χ3n) is 5.59. The molecule has 0 bridgehead atoms. The van der Waals surface area contributed by atoms with Gasteiger partial charge in [0, 0.05) is 31.6 Å². The lowest BCUT2D eigenvalue weighted by Gasteiger charge is -2.40. The standard InChI is InChI=1S/C22H19ClF2N8O3/c1-12(14-4-3-7-27-17(14)23)36-20(35)30-18-16(31-32-33(18)2)15-6-5-13(8-28-15)29-19(34)21(11-26)9-22(24,25)10-21/h3-8,12H,9-10H2,1-2H3,(H,29,34)(H,30,35)/t12-/m1/s1. The van der Waals surface area contributed by atoms with Gasteiger partial charge in [0.05, 0.1) is 23.6 Å². The number of aromatic nitrogens is 5. The highest BCUT2D eigenvalue weighted by molar-refractivity contribution is 6.30. The first kappa shape index (κ1) is 24.9. The molecule has 11 nitrogen and oxygen atoms in total. The maximum atomic E-state index is 13.3. The van der Waals surface area contributed by atoms with Crippen LogP contribution in [0.3, 0.4) is 0 Å². The molecule has 3 aromatic heterocycles. The van der Waals surface area contributed by atoms with Crippen LogP contribution in [0.25, 0.3) is 11.4 Å². The first-order valence-corrected chi connectivity index (χ1v) is 11.0. The van der Waals surface area contributed by atoms with Crippen molar-refractivity contribution in [1.82, 2.24) is 25.0 Å². The number of rotatable bonds is 6. The molecule has 1 aliphatic rings. The Kier molecular flexibility index (Phi) is 6.55. The van der Waals surface area contributed by atoms with Gasteiger partial charge in [0.15, 0.2) is 11.5 Å². The van der Waals surface area contributed by atoms with Gasteiger partial charge in [-0.05, 0) is 25.1 Å². The molecule has 2 N–H and O–H groups in total. The second-order valence-corrected chi connectivity index (χ2v) is 8.61. The molecule has 0 unspecified atom stereocenters. The third kappa shape index (κ3) is 4.94. The molecule has 0 radical (unpaired) electrons. The quantitative estimate of drug-likeness (QED) is 0.465. The van der Waals surface area contributed by atoms with Crippen LogP contribution in [0.15, 0.2) is 36.7 Å². The van der Waals surface area contributed by atoms with Crippen LogP contribution < -0.4 is 10.6 Å². The Morgan fingerprint density at radius 3 is 2.61 bits per heavy atom. The van der Waals surface area contributed by atoms with Crippen molar-refractivity contribution in [3.05, 3.63) is 47.4 Å². The normalized spacial score (nSPS) is 16.2. The van der Waals surface area contributed by atoms with Crippen molar-refractivity contribution in [2.45, 2.75) is 31.8 Å². The fourth-order valence-electron chi connectivity index (χ4n) is 3.70. The average Bonchev–Trinajstić information content (AvgIpc) is 3.17. The number of halogens is 3. The van der Waals surface area contributed by atoms with Crippen LogP contribution in [0.1, 0.15) is 31.4 Å². The summed E-state index contributed by atoms with van der Waals surface area (Å²) in [7, 11) is 1.55. The van der Waals surface area contributed by atoms with E-state index in [4.69, 9.17) is 16.3 Å². The van der Waals surface area contributed by atoms with Gasteiger partial charge in [-0.3, -0.25) is 15.1 Å². The van der Waals surface area contributed by atoms with Gasteiger partial charge in [0.2, 0.25) is 5.91 Å². The Bertz CT molecular complexity index is 1350. The number of nitrogens with one attached hydrogen (secondary N) is 2. The SMILES string of the molecule is C[C@@H](OC(=O)Nc1c(-c2ccc(NC(=O)C3(C#N)CC(F)(F)C3)cn2)nnn1C)c1cccnc1Cl. The van der Waals surface area contributed by atoms with Crippen molar-refractivity contribution in [2.24, 2.45) is 12.5 Å². The summed E-state index contributed by atoms with van der Waals surface area (Å²) in [6.45, 7) is 1.64. The van der Waals surface area contributed by atoms with Crippen LogP contribution in [0.4, 0.5) is 25.1 Å². The Morgan fingerprint density at radius 2 is 2.00 bits per heavy atom. The molecule has 1 saturated carbocycles. The Labute approximate surface area is 208 Å². The molecule has 14 heteroatoms. The number of alkyl halides is 2. The lowest BCUT2D eigenvalue weighted by molar-refractivity contribution is -0.160. The second-order valence-electron chi connectivity index (χ2n) is 8.26. The fraction of sp³-hybridized carbons (Fsp3) is 0.318. The number of aryl methyl sites for hydroxylation is 1. The second kappa shape index (κ2) is 9.46. The summed E-state index contributed by atoms with van der Waals surface area (Å²) in [6.07, 6.45) is -0.350. The van der Waals surface area contributed by atoms with E-state index in [-0.39, 0.29) is 22.4 Å². The van der Waals surface area contributed by atoms with Crippen LogP contribution in [0, 0.1) is 16.7 Å². The number of carbonyl (C=O) groups excluding carboxylic acids is 2. The van der Waals surface area contributed by atoms with Gasteiger partial charge in [-0.1, -0.05) is 22.9 Å². The van der Waals surface area contributed by atoms with E-state index >= 15 is 0 Å². The maximum absolute atomic E-state index is 13.3. The van der Waals surface area contributed by atoms with Crippen LogP contribution in [-0.2, 0) is 16.6 Å². The van der Waals surface area contributed by atoms with Crippen LogP contribution in [0.5, 0.6) is 0 Å². The number of nitrogens with zero attached hydrogens (tertiary/aromatic N) is 6. The van der Waals surface area contributed by atoms with E-state index in [1.165, 1.54) is 29.2 Å². The molecule has 0 saturated heterocycles. The fourth-order valence-corrected chi connectivity index (χ4v) is 3.97. The van der Waals surface area contributed by atoms with E-state index in [1.807, 2.05) is 0 Å². The van der Waals surface area contributed by atoms with E-state index in [0.29, 0.717) is 11.3 Å². The van der Waals surface area contributed by atoms with Gasteiger partial charge in [-0.25, -0.2) is 23.2 Å². The van der Waals surface area contributed by atoms with E-state index in [2.05, 4.69) is 30.9 Å². The minimum Gasteiger partial charge on any atom is -0.441 e. The van der Waals surface area contributed by atoms with Crippen LogP contribution in [-0.4, -0.2) is 42.9 Å². The minimum atomic E-state index is -3.03. The summed E-state index contributed by atoms with van der Waals surface area (Å²) >= 11 is 6.05.